The molecule has 0 fully saturated rings. The Kier molecular flexibility index (Phi) is 6.36. The number of hydrogen-bond acceptors (Lipinski definition) is 4. The summed E-state index contributed by atoms with van der Waals surface area (Å²) in [7, 11) is -2.37. The maximum atomic E-state index is 12.0. The van der Waals surface area contributed by atoms with Gasteiger partial charge in [-0.05, 0) is 32.0 Å². The van der Waals surface area contributed by atoms with E-state index in [1.54, 1.807) is 0 Å². The Labute approximate surface area is 124 Å². The standard InChI is InChI=1S/C14H23NO3S2/c1-11-5-6-13(12(2)9-11)14(15-3)10-19(16)7-8-20(4,17)18/h5-6,9,14-15H,7-8,10H2,1-4H3. The highest BCUT2D eigenvalue weighted by molar-refractivity contribution is 7.92. The van der Waals surface area contributed by atoms with Crippen LogP contribution >= 0.6 is 0 Å². The fourth-order valence-corrected chi connectivity index (χ4v) is 4.90. The third kappa shape index (κ3) is 5.73. The first kappa shape index (κ1) is 17.3. The van der Waals surface area contributed by atoms with Gasteiger partial charge in [0.2, 0.25) is 0 Å². The van der Waals surface area contributed by atoms with Gasteiger partial charge in [0, 0.05) is 34.6 Å². The van der Waals surface area contributed by atoms with E-state index in [4.69, 9.17) is 0 Å². The number of nitrogens with one attached hydrogen (secondary N) is 1. The fraction of sp³-hybridized carbons (Fsp3) is 0.571. The Morgan fingerprint density at radius 1 is 1.30 bits per heavy atom. The zero-order valence-corrected chi connectivity index (χ0v) is 14.1. The van der Waals surface area contributed by atoms with E-state index in [0.717, 1.165) is 11.1 Å². The number of rotatable bonds is 7. The molecular weight excluding hydrogens is 294 g/mol. The van der Waals surface area contributed by atoms with Gasteiger partial charge >= 0.3 is 0 Å². The van der Waals surface area contributed by atoms with Crippen molar-refractivity contribution in [3.8, 4) is 0 Å². The Morgan fingerprint density at radius 2 is 1.95 bits per heavy atom. The smallest absolute Gasteiger partial charge is 0.148 e. The van der Waals surface area contributed by atoms with Gasteiger partial charge < -0.3 is 5.32 Å². The van der Waals surface area contributed by atoms with Crippen LogP contribution in [0.5, 0.6) is 0 Å². The lowest BCUT2D eigenvalue weighted by molar-refractivity contribution is 0.602. The monoisotopic (exact) mass is 317 g/mol. The minimum Gasteiger partial charge on any atom is -0.312 e. The van der Waals surface area contributed by atoms with Crippen molar-refractivity contribution in [1.82, 2.24) is 5.32 Å². The van der Waals surface area contributed by atoms with E-state index in [0.29, 0.717) is 5.75 Å². The third-order valence-electron chi connectivity index (χ3n) is 3.18. The SMILES string of the molecule is CNC(CS(=O)CCS(C)(=O)=O)c1ccc(C)cc1C. The normalized spacial score (nSPS) is 15.0. The highest BCUT2D eigenvalue weighted by Crippen LogP contribution is 2.19. The molecule has 1 N–H and O–H groups in total. The van der Waals surface area contributed by atoms with Gasteiger partial charge in [-0.25, -0.2) is 8.42 Å². The van der Waals surface area contributed by atoms with Crippen LogP contribution in [0.1, 0.15) is 22.7 Å². The van der Waals surface area contributed by atoms with Gasteiger partial charge in [-0.1, -0.05) is 23.8 Å². The summed E-state index contributed by atoms with van der Waals surface area (Å²) in [6.07, 6.45) is 1.17. The molecule has 0 aliphatic carbocycles. The summed E-state index contributed by atoms with van der Waals surface area (Å²) < 4.78 is 34.2. The zero-order valence-electron chi connectivity index (χ0n) is 12.5. The van der Waals surface area contributed by atoms with Crippen molar-refractivity contribution in [2.75, 3.05) is 30.6 Å². The van der Waals surface area contributed by atoms with Gasteiger partial charge in [0.15, 0.2) is 0 Å². The number of benzene rings is 1. The molecule has 1 aromatic carbocycles. The van der Waals surface area contributed by atoms with E-state index in [-0.39, 0.29) is 17.5 Å². The minimum atomic E-state index is -3.05. The summed E-state index contributed by atoms with van der Waals surface area (Å²) in [6, 6.07) is 6.15. The van der Waals surface area contributed by atoms with Crippen LogP contribution in [-0.4, -0.2) is 43.2 Å². The van der Waals surface area contributed by atoms with Crippen LogP contribution in [0.15, 0.2) is 18.2 Å². The van der Waals surface area contributed by atoms with Crippen LogP contribution in [0.4, 0.5) is 0 Å². The molecule has 0 heterocycles. The molecule has 1 aromatic rings. The molecule has 1 rings (SSSR count). The van der Waals surface area contributed by atoms with E-state index in [9.17, 15) is 12.6 Å². The average Bonchev–Trinajstić information content (AvgIpc) is 2.33. The summed E-state index contributed by atoms with van der Waals surface area (Å²) in [5.74, 6) is 0.598. The molecule has 0 saturated carbocycles. The van der Waals surface area contributed by atoms with Crippen LogP contribution in [0, 0.1) is 13.8 Å². The van der Waals surface area contributed by atoms with Crippen LogP contribution in [0.25, 0.3) is 0 Å². The summed E-state index contributed by atoms with van der Waals surface area (Å²) in [5, 5.41) is 3.16. The van der Waals surface area contributed by atoms with Gasteiger partial charge in [-0.3, -0.25) is 4.21 Å². The highest BCUT2D eigenvalue weighted by Gasteiger charge is 2.16. The van der Waals surface area contributed by atoms with E-state index < -0.39 is 20.6 Å². The molecule has 0 radical (unpaired) electrons. The summed E-state index contributed by atoms with van der Waals surface area (Å²) in [5.41, 5.74) is 3.47. The molecule has 2 atom stereocenters. The molecule has 20 heavy (non-hydrogen) atoms. The quantitative estimate of drug-likeness (QED) is 0.825. The molecule has 4 nitrogen and oxygen atoms in total. The molecular formula is C14H23NO3S2. The second-order valence-electron chi connectivity index (χ2n) is 5.14. The van der Waals surface area contributed by atoms with Gasteiger partial charge in [0.05, 0.1) is 5.75 Å². The lowest BCUT2D eigenvalue weighted by Crippen LogP contribution is -2.25. The third-order valence-corrected chi connectivity index (χ3v) is 5.75. The number of sulfone groups is 1. The van der Waals surface area contributed by atoms with E-state index >= 15 is 0 Å². The molecule has 2 unspecified atom stereocenters. The van der Waals surface area contributed by atoms with Gasteiger partial charge in [0.25, 0.3) is 0 Å². The summed E-state index contributed by atoms with van der Waals surface area (Å²) in [6.45, 7) is 4.07. The first-order chi connectivity index (χ1) is 9.23. The lowest BCUT2D eigenvalue weighted by atomic mass is 10.0. The van der Waals surface area contributed by atoms with Crippen LogP contribution in [0.3, 0.4) is 0 Å². The Hall–Kier alpha value is -0.720. The average molecular weight is 317 g/mol. The Morgan fingerprint density at radius 3 is 2.45 bits per heavy atom. The predicted octanol–water partition coefficient (Wildman–Crippen LogP) is 1.36. The van der Waals surface area contributed by atoms with Gasteiger partial charge in [-0.2, -0.15) is 0 Å². The molecule has 0 aromatic heterocycles. The number of hydrogen-bond donors (Lipinski definition) is 1. The maximum Gasteiger partial charge on any atom is 0.148 e. The van der Waals surface area contributed by atoms with Crippen LogP contribution in [-0.2, 0) is 20.6 Å². The molecule has 0 saturated heterocycles. The first-order valence-corrected chi connectivity index (χ1v) is 10.0. The predicted molar refractivity (Wildman–Crippen MR) is 85.3 cm³/mol. The van der Waals surface area contributed by atoms with E-state index in [1.807, 2.05) is 33.0 Å². The second-order valence-corrected chi connectivity index (χ2v) is 9.02. The molecule has 0 aliphatic rings. The molecule has 0 bridgehead atoms. The Balaban J connectivity index is 2.74. The molecule has 0 aliphatic heterocycles. The Bertz CT molecular complexity index is 582. The van der Waals surface area contributed by atoms with Gasteiger partial charge in [0.1, 0.15) is 9.84 Å². The molecule has 114 valence electrons. The highest BCUT2D eigenvalue weighted by atomic mass is 32.2. The van der Waals surface area contributed by atoms with Crippen molar-refractivity contribution >= 4 is 20.6 Å². The van der Waals surface area contributed by atoms with Crippen LogP contribution < -0.4 is 5.32 Å². The maximum absolute atomic E-state index is 12.0. The second kappa shape index (κ2) is 7.33. The number of aryl methyl sites for hydroxylation is 2. The summed E-state index contributed by atoms with van der Waals surface area (Å²) in [4.78, 5) is 0. The summed E-state index contributed by atoms with van der Waals surface area (Å²) >= 11 is 0. The minimum absolute atomic E-state index is 0.0176. The largest absolute Gasteiger partial charge is 0.312 e. The van der Waals surface area contributed by atoms with Gasteiger partial charge in [-0.15, -0.1) is 0 Å². The molecule has 0 spiro atoms. The van der Waals surface area contributed by atoms with Crippen molar-refractivity contribution in [2.45, 2.75) is 19.9 Å². The van der Waals surface area contributed by atoms with Crippen molar-refractivity contribution in [3.05, 3.63) is 34.9 Å². The lowest BCUT2D eigenvalue weighted by Gasteiger charge is -2.19. The van der Waals surface area contributed by atoms with Crippen molar-refractivity contribution in [2.24, 2.45) is 0 Å². The van der Waals surface area contributed by atoms with Crippen LogP contribution in [0.2, 0.25) is 0 Å². The van der Waals surface area contributed by atoms with E-state index in [2.05, 4.69) is 11.4 Å². The molecule has 6 heteroatoms. The zero-order chi connectivity index (χ0) is 15.3. The fourth-order valence-electron chi connectivity index (χ4n) is 2.06. The topological polar surface area (TPSA) is 63.2 Å². The first-order valence-electron chi connectivity index (χ1n) is 6.50. The molecule has 0 amide bonds. The van der Waals surface area contributed by atoms with Crippen molar-refractivity contribution < 1.29 is 12.6 Å². The van der Waals surface area contributed by atoms with Crippen molar-refractivity contribution in [3.63, 3.8) is 0 Å². The van der Waals surface area contributed by atoms with Crippen molar-refractivity contribution in [1.29, 1.82) is 0 Å². The van der Waals surface area contributed by atoms with E-state index in [1.165, 1.54) is 11.8 Å².